The molecule has 0 bridgehead atoms. The summed E-state index contributed by atoms with van der Waals surface area (Å²) in [5, 5.41) is 18.4. The number of aromatic nitrogens is 1. The molecule has 0 radical (unpaired) electrons. The van der Waals surface area contributed by atoms with Gasteiger partial charge in [-0.25, -0.2) is 4.98 Å². The highest BCUT2D eigenvalue weighted by atomic mass is 16.6. The van der Waals surface area contributed by atoms with E-state index in [9.17, 15) is 10.1 Å². The zero-order valence-electron chi connectivity index (χ0n) is 11.6. The Kier molecular flexibility index (Phi) is 4.07. The molecule has 0 fully saturated rings. The third-order valence-electron chi connectivity index (χ3n) is 2.73. The number of rotatable bonds is 4. The zero-order valence-corrected chi connectivity index (χ0v) is 11.6. The van der Waals surface area contributed by atoms with E-state index < -0.39 is 4.92 Å². The predicted molar refractivity (Wildman–Crippen MR) is 80.2 cm³/mol. The molecule has 0 saturated heterocycles. The minimum absolute atomic E-state index is 0.0937. The van der Waals surface area contributed by atoms with Gasteiger partial charge < -0.3 is 10.6 Å². The molecule has 2 rings (SSSR count). The summed E-state index contributed by atoms with van der Waals surface area (Å²) in [6, 6.07) is 8.15. The molecule has 0 spiro atoms. The molecule has 0 aliphatic carbocycles. The third-order valence-corrected chi connectivity index (χ3v) is 2.73. The molecule has 0 aliphatic rings. The van der Waals surface area contributed by atoms with Gasteiger partial charge in [0.25, 0.3) is 5.69 Å². The number of nitrogen functional groups attached to an aromatic ring is 1. The molecule has 8 heteroatoms. The summed E-state index contributed by atoms with van der Waals surface area (Å²) in [6.45, 7) is 0. The quantitative estimate of drug-likeness (QED) is 0.402. The van der Waals surface area contributed by atoms with Gasteiger partial charge in [-0.05, 0) is 24.3 Å². The van der Waals surface area contributed by atoms with Crippen molar-refractivity contribution < 1.29 is 4.92 Å². The van der Waals surface area contributed by atoms with Crippen LogP contribution in [0.1, 0.15) is 0 Å². The molecule has 0 saturated carbocycles. The molecule has 0 aliphatic heterocycles. The molecule has 0 unspecified atom stereocenters. The van der Waals surface area contributed by atoms with Crippen LogP contribution in [0, 0.1) is 10.1 Å². The molecule has 108 valence electrons. The van der Waals surface area contributed by atoms with Crippen LogP contribution < -0.4 is 10.6 Å². The van der Waals surface area contributed by atoms with Crippen molar-refractivity contribution in [3.8, 4) is 0 Å². The smallest absolute Gasteiger partial charge is 0.287 e. The summed E-state index contributed by atoms with van der Waals surface area (Å²) in [5.41, 5.74) is 7.77. The van der Waals surface area contributed by atoms with Crippen molar-refractivity contribution in [2.75, 3.05) is 24.7 Å². The van der Waals surface area contributed by atoms with E-state index in [2.05, 4.69) is 15.2 Å². The summed E-state index contributed by atoms with van der Waals surface area (Å²) in [4.78, 5) is 15.8. The van der Waals surface area contributed by atoms with Gasteiger partial charge in [0.05, 0.1) is 10.6 Å². The number of nitro groups is 1. The Bertz CT molecular complexity index is 682. The van der Waals surface area contributed by atoms with Gasteiger partial charge in [0.1, 0.15) is 11.9 Å². The number of anilines is 2. The van der Waals surface area contributed by atoms with Crippen molar-refractivity contribution in [2.24, 2.45) is 10.2 Å². The summed E-state index contributed by atoms with van der Waals surface area (Å²) in [6.07, 6.45) is 1.13. The van der Waals surface area contributed by atoms with Crippen LogP contribution in [0.2, 0.25) is 0 Å². The maximum Gasteiger partial charge on any atom is 0.287 e. The fraction of sp³-hybridized carbons (Fsp3) is 0.154. The van der Waals surface area contributed by atoms with Crippen LogP contribution in [0.4, 0.5) is 28.6 Å². The third kappa shape index (κ3) is 3.50. The van der Waals surface area contributed by atoms with E-state index in [1.165, 1.54) is 12.1 Å². The molecule has 0 atom stereocenters. The maximum absolute atomic E-state index is 10.5. The Morgan fingerprint density at radius 3 is 2.52 bits per heavy atom. The van der Waals surface area contributed by atoms with Gasteiger partial charge in [-0.2, -0.15) is 0 Å². The first-order valence-corrected chi connectivity index (χ1v) is 6.06. The number of pyridine rings is 1. The topological polar surface area (TPSA) is 110 Å². The van der Waals surface area contributed by atoms with Crippen molar-refractivity contribution in [1.82, 2.24) is 4.98 Å². The molecule has 21 heavy (non-hydrogen) atoms. The molecule has 8 nitrogen and oxygen atoms in total. The Hall–Kier alpha value is -3.03. The summed E-state index contributed by atoms with van der Waals surface area (Å²) in [5.74, 6) is 0.275. The SMILES string of the molecule is CN(C)c1ccc(N=Nc2ccc([N+](=O)[O-])cn2)c(N)c1. The fourth-order valence-electron chi connectivity index (χ4n) is 1.56. The Morgan fingerprint density at radius 2 is 2.00 bits per heavy atom. The second kappa shape index (κ2) is 5.95. The van der Waals surface area contributed by atoms with Gasteiger partial charge in [-0.3, -0.25) is 10.1 Å². The average Bonchev–Trinajstić information content (AvgIpc) is 2.46. The van der Waals surface area contributed by atoms with E-state index in [1.807, 2.05) is 25.1 Å². The van der Waals surface area contributed by atoms with Gasteiger partial charge in [0, 0.05) is 25.8 Å². The lowest BCUT2D eigenvalue weighted by atomic mass is 10.2. The van der Waals surface area contributed by atoms with Crippen molar-refractivity contribution >= 4 is 28.6 Å². The first kappa shape index (κ1) is 14.4. The van der Waals surface area contributed by atoms with Gasteiger partial charge in [0.2, 0.25) is 0 Å². The lowest BCUT2D eigenvalue weighted by molar-refractivity contribution is -0.385. The van der Waals surface area contributed by atoms with Crippen molar-refractivity contribution in [1.29, 1.82) is 0 Å². The van der Waals surface area contributed by atoms with E-state index in [0.717, 1.165) is 11.9 Å². The van der Waals surface area contributed by atoms with E-state index in [1.54, 1.807) is 12.1 Å². The van der Waals surface area contributed by atoms with Crippen LogP contribution in [0.25, 0.3) is 0 Å². The Balaban J connectivity index is 2.19. The number of azo groups is 1. The van der Waals surface area contributed by atoms with E-state index in [0.29, 0.717) is 11.4 Å². The number of hydrogen-bond acceptors (Lipinski definition) is 7. The zero-order chi connectivity index (χ0) is 15.4. The minimum Gasteiger partial charge on any atom is -0.397 e. The highest BCUT2D eigenvalue weighted by molar-refractivity contribution is 5.69. The van der Waals surface area contributed by atoms with E-state index in [-0.39, 0.29) is 11.5 Å². The Labute approximate surface area is 121 Å². The van der Waals surface area contributed by atoms with E-state index in [4.69, 9.17) is 5.73 Å². The second-order valence-electron chi connectivity index (χ2n) is 4.47. The molecular formula is C13H14N6O2. The summed E-state index contributed by atoms with van der Waals surface area (Å²) in [7, 11) is 3.83. The normalized spacial score (nSPS) is 10.8. The van der Waals surface area contributed by atoms with Gasteiger partial charge in [-0.15, -0.1) is 10.2 Å². The van der Waals surface area contributed by atoms with E-state index >= 15 is 0 Å². The number of nitrogens with two attached hydrogens (primary N) is 1. The van der Waals surface area contributed by atoms with Crippen LogP contribution in [0.3, 0.4) is 0 Å². The van der Waals surface area contributed by atoms with Crippen molar-refractivity contribution in [2.45, 2.75) is 0 Å². The van der Waals surface area contributed by atoms with Crippen LogP contribution in [-0.2, 0) is 0 Å². The highest BCUT2D eigenvalue weighted by Gasteiger charge is 2.05. The minimum atomic E-state index is -0.522. The largest absolute Gasteiger partial charge is 0.397 e. The first-order chi connectivity index (χ1) is 9.97. The van der Waals surface area contributed by atoms with Crippen LogP contribution in [-0.4, -0.2) is 24.0 Å². The van der Waals surface area contributed by atoms with Gasteiger partial charge in [0.15, 0.2) is 5.82 Å². The molecule has 2 aromatic rings. The Morgan fingerprint density at radius 1 is 1.24 bits per heavy atom. The summed E-state index contributed by atoms with van der Waals surface area (Å²) >= 11 is 0. The molecular weight excluding hydrogens is 272 g/mol. The number of hydrogen-bond donors (Lipinski definition) is 1. The molecule has 1 aromatic carbocycles. The van der Waals surface area contributed by atoms with Crippen LogP contribution >= 0.6 is 0 Å². The van der Waals surface area contributed by atoms with Crippen molar-refractivity contribution in [3.05, 3.63) is 46.6 Å². The predicted octanol–water partition coefficient (Wildman–Crippen LogP) is 3.05. The average molecular weight is 286 g/mol. The molecule has 1 aromatic heterocycles. The highest BCUT2D eigenvalue weighted by Crippen LogP contribution is 2.28. The monoisotopic (exact) mass is 286 g/mol. The van der Waals surface area contributed by atoms with Gasteiger partial charge in [-0.1, -0.05) is 0 Å². The molecule has 2 N–H and O–H groups in total. The lowest BCUT2D eigenvalue weighted by Crippen LogP contribution is -2.08. The number of nitrogens with zero attached hydrogens (tertiary/aromatic N) is 5. The van der Waals surface area contributed by atoms with Crippen molar-refractivity contribution in [3.63, 3.8) is 0 Å². The molecule has 1 heterocycles. The number of benzene rings is 1. The molecule has 0 amide bonds. The van der Waals surface area contributed by atoms with Gasteiger partial charge >= 0.3 is 0 Å². The standard InChI is InChI=1S/C13H14N6O2/c1-18(2)9-3-5-12(11(14)7-9)16-17-13-6-4-10(8-15-13)19(20)21/h3-8H,14H2,1-2H3. The fourth-order valence-corrected chi connectivity index (χ4v) is 1.56. The maximum atomic E-state index is 10.5. The van der Waals surface area contributed by atoms with Crippen LogP contribution in [0.5, 0.6) is 0 Å². The first-order valence-electron chi connectivity index (χ1n) is 6.06. The lowest BCUT2D eigenvalue weighted by Gasteiger charge is -2.13. The second-order valence-corrected chi connectivity index (χ2v) is 4.47. The van der Waals surface area contributed by atoms with Crippen LogP contribution in [0.15, 0.2) is 46.8 Å². The summed E-state index contributed by atoms with van der Waals surface area (Å²) < 4.78 is 0.